The lowest BCUT2D eigenvalue weighted by Crippen LogP contribution is -2.36. The summed E-state index contributed by atoms with van der Waals surface area (Å²) in [7, 11) is 0. The second kappa shape index (κ2) is 9.03. The number of halogens is 4. The Morgan fingerprint density at radius 1 is 1.15 bits per heavy atom. The minimum atomic E-state index is -4.46. The Labute approximate surface area is 192 Å². The number of aryl methyl sites for hydroxylation is 1. The molecule has 2 aromatic carbocycles. The quantitative estimate of drug-likeness (QED) is 0.570. The maximum atomic E-state index is 12.9. The highest BCUT2D eigenvalue weighted by molar-refractivity contribution is 6.30. The van der Waals surface area contributed by atoms with E-state index in [1.54, 1.807) is 19.1 Å². The average Bonchev–Trinajstić information content (AvgIpc) is 3.32. The third kappa shape index (κ3) is 5.12. The van der Waals surface area contributed by atoms with Gasteiger partial charge in [-0.3, -0.25) is 0 Å². The third-order valence-electron chi connectivity index (χ3n) is 5.52. The van der Waals surface area contributed by atoms with Crippen LogP contribution in [-0.2, 0) is 12.7 Å². The molecule has 0 saturated carbocycles. The number of nitrogens with zero attached hydrogens (tertiary/aromatic N) is 4. The number of aliphatic hydroxyl groups is 1. The summed E-state index contributed by atoms with van der Waals surface area (Å²) >= 11 is 5.96. The summed E-state index contributed by atoms with van der Waals surface area (Å²) in [6, 6.07) is 10.4. The van der Waals surface area contributed by atoms with Crippen LogP contribution in [0.3, 0.4) is 0 Å². The lowest BCUT2D eigenvalue weighted by molar-refractivity contribution is -0.137. The van der Waals surface area contributed by atoms with Gasteiger partial charge in [-0.25, -0.2) is 4.79 Å². The van der Waals surface area contributed by atoms with Gasteiger partial charge in [-0.15, -0.1) is 10.2 Å². The molecular formula is C22H21ClF3N5O2. The molecule has 2 N–H and O–H groups in total. The fraction of sp³-hybridized carbons (Fsp3) is 0.318. The highest BCUT2D eigenvalue weighted by atomic mass is 35.5. The molecule has 1 aromatic heterocycles. The van der Waals surface area contributed by atoms with Crippen LogP contribution in [0.15, 0.2) is 48.5 Å². The van der Waals surface area contributed by atoms with Gasteiger partial charge in [0.25, 0.3) is 0 Å². The third-order valence-corrected chi connectivity index (χ3v) is 5.77. The number of likely N-dealkylation sites (tertiary alicyclic amines) is 1. The monoisotopic (exact) mass is 479 g/mol. The second-order valence-electron chi connectivity index (χ2n) is 7.88. The number of rotatable bonds is 4. The molecule has 1 saturated heterocycles. The van der Waals surface area contributed by atoms with Gasteiger partial charge < -0.3 is 19.9 Å². The Balaban J connectivity index is 1.54. The number of benzene rings is 2. The van der Waals surface area contributed by atoms with Gasteiger partial charge >= 0.3 is 12.2 Å². The van der Waals surface area contributed by atoms with Crippen molar-refractivity contribution in [2.24, 2.45) is 0 Å². The molecular weight excluding hydrogens is 459 g/mol. The van der Waals surface area contributed by atoms with Crippen LogP contribution in [0.5, 0.6) is 0 Å². The number of anilines is 1. The number of nitrogens with one attached hydrogen (secondary N) is 1. The van der Waals surface area contributed by atoms with E-state index in [1.165, 1.54) is 17.0 Å². The Hall–Kier alpha value is -3.11. The standard InChI is InChI=1S/C22H21ClF3N5O2/c1-13-28-29-20(30(13)11-14-2-6-16(23)7-3-14)19-10-18(32)12-31(19)21(33)27-17-8-4-15(5-9-17)22(24,25)26/h2-9,18-19,32H,10-12H2,1H3,(H,27,33)/t18-,19-/m1/s1. The maximum absolute atomic E-state index is 12.9. The minimum Gasteiger partial charge on any atom is -0.391 e. The molecule has 0 aliphatic carbocycles. The van der Waals surface area contributed by atoms with Crippen LogP contribution in [0, 0.1) is 6.92 Å². The van der Waals surface area contributed by atoms with Crippen molar-refractivity contribution in [3.63, 3.8) is 0 Å². The molecule has 11 heteroatoms. The first-order valence-corrected chi connectivity index (χ1v) is 10.6. The van der Waals surface area contributed by atoms with Crippen LogP contribution in [0.1, 0.15) is 35.2 Å². The minimum absolute atomic E-state index is 0.0595. The Bertz CT molecular complexity index is 1130. The molecule has 0 bridgehead atoms. The molecule has 1 fully saturated rings. The van der Waals surface area contributed by atoms with E-state index in [0.29, 0.717) is 23.2 Å². The van der Waals surface area contributed by atoms with Gasteiger partial charge in [0, 0.05) is 23.7 Å². The van der Waals surface area contributed by atoms with E-state index >= 15 is 0 Å². The molecule has 0 unspecified atom stereocenters. The Kier molecular flexibility index (Phi) is 6.31. The number of carbonyl (C=O) groups excluding carboxylic acids is 1. The molecule has 2 atom stereocenters. The van der Waals surface area contributed by atoms with E-state index in [-0.39, 0.29) is 18.7 Å². The number of hydrogen-bond acceptors (Lipinski definition) is 4. The smallest absolute Gasteiger partial charge is 0.391 e. The van der Waals surface area contributed by atoms with Crippen molar-refractivity contribution in [3.05, 3.63) is 76.3 Å². The van der Waals surface area contributed by atoms with Crippen LogP contribution in [0.2, 0.25) is 5.02 Å². The zero-order chi connectivity index (χ0) is 23.8. The molecule has 0 spiro atoms. The number of amides is 2. The number of hydrogen-bond donors (Lipinski definition) is 2. The van der Waals surface area contributed by atoms with E-state index in [2.05, 4.69) is 15.5 Å². The van der Waals surface area contributed by atoms with E-state index in [9.17, 15) is 23.1 Å². The summed E-state index contributed by atoms with van der Waals surface area (Å²) in [6.07, 6.45) is -4.97. The van der Waals surface area contributed by atoms with Gasteiger partial charge in [-0.05, 0) is 48.9 Å². The molecule has 0 radical (unpaired) electrons. The predicted molar refractivity (Wildman–Crippen MR) is 116 cm³/mol. The van der Waals surface area contributed by atoms with Crippen LogP contribution in [0.25, 0.3) is 0 Å². The van der Waals surface area contributed by atoms with Crippen LogP contribution in [0.4, 0.5) is 23.7 Å². The summed E-state index contributed by atoms with van der Waals surface area (Å²) in [5, 5.41) is 21.9. The van der Waals surface area contributed by atoms with Crippen molar-refractivity contribution in [1.82, 2.24) is 19.7 Å². The van der Waals surface area contributed by atoms with Gasteiger partial charge in [-0.2, -0.15) is 13.2 Å². The van der Waals surface area contributed by atoms with Gasteiger partial charge in [0.15, 0.2) is 5.82 Å². The highest BCUT2D eigenvalue weighted by Crippen LogP contribution is 2.33. The first kappa shape index (κ1) is 23.1. The van der Waals surface area contributed by atoms with Gasteiger partial charge in [0.05, 0.1) is 24.3 Å². The van der Waals surface area contributed by atoms with Gasteiger partial charge in [0.2, 0.25) is 0 Å². The highest BCUT2D eigenvalue weighted by Gasteiger charge is 2.39. The van der Waals surface area contributed by atoms with Crippen LogP contribution >= 0.6 is 11.6 Å². The van der Waals surface area contributed by atoms with Crippen molar-refractivity contribution in [2.45, 2.75) is 38.2 Å². The van der Waals surface area contributed by atoms with Crippen LogP contribution in [-0.4, -0.2) is 43.5 Å². The van der Waals surface area contributed by atoms with Crippen molar-refractivity contribution in [1.29, 1.82) is 0 Å². The summed E-state index contributed by atoms with van der Waals surface area (Å²) in [5.74, 6) is 1.16. The van der Waals surface area contributed by atoms with Crippen molar-refractivity contribution in [2.75, 3.05) is 11.9 Å². The molecule has 33 heavy (non-hydrogen) atoms. The zero-order valence-electron chi connectivity index (χ0n) is 17.6. The number of aromatic nitrogens is 3. The average molecular weight is 480 g/mol. The fourth-order valence-corrected chi connectivity index (χ4v) is 3.96. The summed E-state index contributed by atoms with van der Waals surface area (Å²) in [6.45, 7) is 2.31. The first-order chi connectivity index (χ1) is 15.6. The van der Waals surface area contributed by atoms with Gasteiger partial charge in [0.1, 0.15) is 5.82 Å². The number of aliphatic hydroxyl groups excluding tert-OH is 1. The number of alkyl halides is 3. The molecule has 2 amide bonds. The zero-order valence-corrected chi connectivity index (χ0v) is 18.3. The largest absolute Gasteiger partial charge is 0.416 e. The molecule has 4 rings (SSSR count). The second-order valence-corrected chi connectivity index (χ2v) is 8.32. The van der Waals surface area contributed by atoms with Gasteiger partial charge in [-0.1, -0.05) is 23.7 Å². The number of β-amino-alcohol motifs (C(OH)–C–C–N with tert-alkyl or cyclic N) is 1. The van der Waals surface area contributed by atoms with Crippen molar-refractivity contribution >= 4 is 23.3 Å². The SMILES string of the molecule is Cc1nnc([C@H]2C[C@@H](O)CN2C(=O)Nc2ccc(C(F)(F)F)cc2)n1Cc1ccc(Cl)cc1. The number of urea groups is 1. The fourth-order valence-electron chi connectivity index (χ4n) is 3.83. The molecule has 1 aliphatic heterocycles. The Morgan fingerprint density at radius 2 is 1.82 bits per heavy atom. The summed E-state index contributed by atoms with van der Waals surface area (Å²) < 4.78 is 40.2. The maximum Gasteiger partial charge on any atom is 0.416 e. The molecule has 174 valence electrons. The van der Waals surface area contributed by atoms with E-state index in [4.69, 9.17) is 11.6 Å². The molecule has 2 heterocycles. The molecule has 3 aromatic rings. The van der Waals surface area contributed by atoms with E-state index in [1.807, 2.05) is 16.7 Å². The van der Waals surface area contributed by atoms with Crippen LogP contribution < -0.4 is 5.32 Å². The predicted octanol–water partition coefficient (Wildman–Crippen LogP) is 4.65. The van der Waals surface area contributed by atoms with Crippen molar-refractivity contribution in [3.8, 4) is 0 Å². The summed E-state index contributed by atoms with van der Waals surface area (Å²) in [4.78, 5) is 14.4. The van der Waals surface area contributed by atoms with Crippen molar-refractivity contribution < 1.29 is 23.1 Å². The van der Waals surface area contributed by atoms with E-state index in [0.717, 1.165) is 17.7 Å². The lowest BCUT2D eigenvalue weighted by Gasteiger charge is -2.25. The molecule has 1 aliphatic rings. The Morgan fingerprint density at radius 3 is 2.45 bits per heavy atom. The molecule has 7 nitrogen and oxygen atoms in total. The lowest BCUT2D eigenvalue weighted by atomic mass is 10.1. The first-order valence-electron chi connectivity index (χ1n) is 10.2. The topological polar surface area (TPSA) is 83.3 Å². The normalized spacial score (nSPS) is 18.5. The number of carbonyl (C=O) groups is 1. The van der Waals surface area contributed by atoms with E-state index < -0.39 is 29.9 Å². The summed E-state index contributed by atoms with van der Waals surface area (Å²) in [5.41, 5.74) is 0.371.